The van der Waals surface area contributed by atoms with E-state index in [2.05, 4.69) is 20.2 Å². The molecule has 5 aromatic rings. The van der Waals surface area contributed by atoms with Crippen LogP contribution in [0.25, 0.3) is 33.1 Å². The Bertz CT molecular complexity index is 1420. The number of halogens is 2. The average Bonchev–Trinajstić information content (AvgIpc) is 3.36. The van der Waals surface area contributed by atoms with Crippen molar-refractivity contribution in [1.29, 1.82) is 0 Å². The Morgan fingerprint density at radius 3 is 2.76 bits per heavy atom. The van der Waals surface area contributed by atoms with Gasteiger partial charge in [-0.1, -0.05) is 6.07 Å². The Labute approximate surface area is 162 Å². The summed E-state index contributed by atoms with van der Waals surface area (Å²) >= 11 is 0. The van der Waals surface area contributed by atoms with Gasteiger partial charge in [-0.2, -0.15) is 5.10 Å². The van der Waals surface area contributed by atoms with Gasteiger partial charge in [0.15, 0.2) is 5.82 Å². The number of nitrogens with two attached hydrogens (primary N) is 1. The number of nitrogen functional groups attached to an aromatic ring is 1. The van der Waals surface area contributed by atoms with Crippen LogP contribution in [-0.2, 0) is 0 Å². The number of nitrogens with one attached hydrogen (secondary N) is 2. The van der Waals surface area contributed by atoms with Gasteiger partial charge in [0.1, 0.15) is 11.5 Å². The van der Waals surface area contributed by atoms with Gasteiger partial charge in [0.05, 0.1) is 23.0 Å². The van der Waals surface area contributed by atoms with Crippen LogP contribution in [0.15, 0.2) is 55.0 Å². The summed E-state index contributed by atoms with van der Waals surface area (Å²) in [6.07, 6.45) is 4.77. The highest BCUT2D eigenvalue weighted by molar-refractivity contribution is 6.16. The molecule has 8 heteroatoms. The zero-order valence-electron chi connectivity index (χ0n) is 14.8. The summed E-state index contributed by atoms with van der Waals surface area (Å²) in [6.45, 7) is 0. The van der Waals surface area contributed by atoms with Crippen LogP contribution in [0.4, 0.5) is 14.5 Å². The highest BCUT2D eigenvalue weighted by atomic mass is 19.1. The van der Waals surface area contributed by atoms with Crippen molar-refractivity contribution in [2.75, 3.05) is 5.73 Å². The first kappa shape index (κ1) is 17.1. The van der Waals surface area contributed by atoms with Gasteiger partial charge in [-0.05, 0) is 35.9 Å². The number of aromatic amines is 2. The van der Waals surface area contributed by atoms with Crippen LogP contribution >= 0.6 is 0 Å². The predicted molar refractivity (Wildman–Crippen MR) is 105 cm³/mol. The minimum Gasteiger partial charge on any atom is -0.396 e. The van der Waals surface area contributed by atoms with E-state index < -0.39 is 23.0 Å². The molecule has 6 nitrogen and oxygen atoms in total. The molecule has 29 heavy (non-hydrogen) atoms. The molecule has 0 fully saturated rings. The van der Waals surface area contributed by atoms with Gasteiger partial charge in [-0.25, -0.2) is 13.8 Å². The molecule has 0 amide bonds. The number of nitrogens with zero attached hydrogens (tertiary/aromatic N) is 2. The summed E-state index contributed by atoms with van der Waals surface area (Å²) < 4.78 is 28.5. The molecule has 5 rings (SSSR count). The van der Waals surface area contributed by atoms with E-state index in [1.54, 1.807) is 18.5 Å². The molecule has 2 aromatic carbocycles. The third-order valence-electron chi connectivity index (χ3n) is 4.90. The molecule has 0 radical (unpaired) electrons. The van der Waals surface area contributed by atoms with Gasteiger partial charge in [-0.15, -0.1) is 0 Å². The van der Waals surface area contributed by atoms with Crippen molar-refractivity contribution in [1.82, 2.24) is 20.2 Å². The van der Waals surface area contributed by atoms with Gasteiger partial charge < -0.3 is 10.7 Å². The summed E-state index contributed by atoms with van der Waals surface area (Å²) in [6, 6.07) is 9.55. The third kappa shape index (κ3) is 2.65. The highest BCUT2D eigenvalue weighted by Gasteiger charge is 2.24. The van der Waals surface area contributed by atoms with Crippen LogP contribution in [0.2, 0.25) is 0 Å². The molecule has 0 aliphatic heterocycles. The van der Waals surface area contributed by atoms with Gasteiger partial charge in [0.25, 0.3) is 0 Å². The molecular formula is C21H13F2N5O. The number of pyridine rings is 1. The molecule has 3 heterocycles. The van der Waals surface area contributed by atoms with Crippen molar-refractivity contribution in [3.05, 3.63) is 77.8 Å². The topological polar surface area (TPSA) is 100 Å². The largest absolute Gasteiger partial charge is 0.396 e. The maximum atomic E-state index is 14.3. The number of hydrogen-bond donors (Lipinski definition) is 3. The third-order valence-corrected chi connectivity index (χ3v) is 4.90. The standard InChI is InChI=1S/C21H13F2N5O/c22-15-2-3-16(24)19(23)18(15)20(29)14-9-26-21-13(14)6-11(7-25-21)10-1-4-17-12(5-10)8-27-28-17/h1-9H,24H2,(H,25,26)(H,27,28). The van der Waals surface area contributed by atoms with Crippen molar-refractivity contribution in [2.45, 2.75) is 0 Å². The molecule has 0 unspecified atom stereocenters. The van der Waals surface area contributed by atoms with Gasteiger partial charge in [0.2, 0.25) is 5.78 Å². The van der Waals surface area contributed by atoms with Crippen LogP contribution in [0.3, 0.4) is 0 Å². The molecule has 0 aliphatic carbocycles. The van der Waals surface area contributed by atoms with Crippen LogP contribution < -0.4 is 5.73 Å². The molecular weight excluding hydrogens is 376 g/mol. The quantitative estimate of drug-likeness (QED) is 0.318. The number of ketones is 1. The number of anilines is 1. The van der Waals surface area contributed by atoms with Crippen LogP contribution in [-0.4, -0.2) is 25.9 Å². The Morgan fingerprint density at radius 2 is 1.90 bits per heavy atom. The fourth-order valence-electron chi connectivity index (χ4n) is 3.38. The zero-order valence-corrected chi connectivity index (χ0v) is 14.8. The maximum Gasteiger partial charge on any atom is 0.201 e. The average molecular weight is 389 g/mol. The number of aromatic nitrogens is 4. The van der Waals surface area contributed by atoms with Crippen LogP contribution in [0, 0.1) is 11.6 Å². The molecule has 0 spiro atoms. The molecule has 0 saturated heterocycles. The molecule has 4 N–H and O–H groups in total. The second-order valence-corrected chi connectivity index (χ2v) is 6.65. The number of fused-ring (bicyclic) bond motifs is 2. The van der Waals surface area contributed by atoms with E-state index in [0.29, 0.717) is 11.0 Å². The van der Waals surface area contributed by atoms with E-state index >= 15 is 0 Å². The summed E-state index contributed by atoms with van der Waals surface area (Å²) in [5.74, 6) is -2.84. The van der Waals surface area contributed by atoms with E-state index in [4.69, 9.17) is 5.73 Å². The lowest BCUT2D eigenvalue weighted by Crippen LogP contribution is -2.09. The van der Waals surface area contributed by atoms with Crippen LogP contribution in [0.5, 0.6) is 0 Å². The second kappa shape index (κ2) is 6.23. The fraction of sp³-hybridized carbons (Fsp3) is 0. The summed E-state index contributed by atoms with van der Waals surface area (Å²) in [5, 5.41) is 8.27. The zero-order chi connectivity index (χ0) is 20.1. The van der Waals surface area contributed by atoms with Gasteiger partial charge in [0, 0.05) is 34.3 Å². The SMILES string of the molecule is Nc1ccc(F)c(C(=O)c2c[nH]c3ncc(-c4ccc5[nH]ncc5c4)cc23)c1F. The monoisotopic (exact) mass is 389 g/mol. The van der Waals surface area contributed by atoms with Gasteiger partial charge >= 0.3 is 0 Å². The number of hydrogen-bond acceptors (Lipinski definition) is 4. The van der Waals surface area contributed by atoms with Crippen LogP contribution in [0.1, 0.15) is 15.9 Å². The molecule has 0 saturated carbocycles. The Balaban J connectivity index is 1.65. The fourth-order valence-corrected chi connectivity index (χ4v) is 3.38. The van der Waals surface area contributed by atoms with E-state index in [9.17, 15) is 13.6 Å². The summed E-state index contributed by atoms with van der Waals surface area (Å²) in [4.78, 5) is 20.1. The normalized spacial score (nSPS) is 11.4. The molecule has 0 atom stereocenters. The predicted octanol–water partition coefficient (Wildman–Crippen LogP) is 4.20. The molecule has 3 aromatic heterocycles. The van der Waals surface area contributed by atoms with Crippen molar-refractivity contribution >= 4 is 33.4 Å². The van der Waals surface area contributed by atoms with E-state index in [0.717, 1.165) is 34.2 Å². The molecule has 0 bridgehead atoms. The first-order chi connectivity index (χ1) is 14.0. The maximum absolute atomic E-state index is 14.3. The summed E-state index contributed by atoms with van der Waals surface area (Å²) in [5.41, 5.74) is 7.60. The lowest BCUT2D eigenvalue weighted by atomic mass is 9.99. The number of H-pyrrole nitrogens is 2. The Hall–Kier alpha value is -4.07. The number of carbonyl (C=O) groups is 1. The number of carbonyl (C=O) groups excluding carboxylic acids is 1. The highest BCUT2D eigenvalue weighted by Crippen LogP contribution is 2.29. The van der Waals surface area contributed by atoms with Crippen molar-refractivity contribution in [3.8, 4) is 11.1 Å². The van der Waals surface area contributed by atoms with Crippen molar-refractivity contribution in [2.24, 2.45) is 0 Å². The minimum absolute atomic E-state index is 0.113. The number of benzene rings is 2. The Kier molecular flexibility index (Phi) is 3.67. The molecule has 142 valence electrons. The van der Waals surface area contributed by atoms with Gasteiger partial charge in [-0.3, -0.25) is 9.89 Å². The smallest absolute Gasteiger partial charge is 0.201 e. The van der Waals surface area contributed by atoms with Crippen molar-refractivity contribution < 1.29 is 13.6 Å². The minimum atomic E-state index is -1.07. The number of rotatable bonds is 3. The van der Waals surface area contributed by atoms with E-state index in [1.807, 2.05) is 18.2 Å². The molecule has 0 aliphatic rings. The van der Waals surface area contributed by atoms with E-state index in [1.165, 1.54) is 6.20 Å². The Morgan fingerprint density at radius 1 is 1.03 bits per heavy atom. The van der Waals surface area contributed by atoms with E-state index in [-0.39, 0.29) is 11.3 Å². The first-order valence-corrected chi connectivity index (χ1v) is 8.72. The lowest BCUT2D eigenvalue weighted by molar-refractivity contribution is 0.103. The summed E-state index contributed by atoms with van der Waals surface area (Å²) in [7, 11) is 0. The van der Waals surface area contributed by atoms with Crippen molar-refractivity contribution in [3.63, 3.8) is 0 Å². The lowest BCUT2D eigenvalue weighted by Gasteiger charge is -2.06. The first-order valence-electron chi connectivity index (χ1n) is 8.72. The second-order valence-electron chi connectivity index (χ2n) is 6.65.